The van der Waals surface area contributed by atoms with E-state index in [0.717, 1.165) is 5.56 Å². The summed E-state index contributed by atoms with van der Waals surface area (Å²) in [5, 5.41) is 0. The number of amides is 2. The Morgan fingerprint density at radius 3 is 2.10 bits per heavy atom. The van der Waals surface area contributed by atoms with E-state index in [9.17, 15) is 18.0 Å². The molecule has 1 aromatic heterocycles. The molecule has 0 unspecified atom stereocenters. The van der Waals surface area contributed by atoms with Crippen LogP contribution in [0, 0.1) is 11.8 Å². The molecule has 1 aliphatic heterocycles. The highest BCUT2D eigenvalue weighted by Crippen LogP contribution is 2.22. The molecule has 2 aromatic rings. The van der Waals surface area contributed by atoms with E-state index in [4.69, 9.17) is 0 Å². The largest absolute Gasteiger partial charge is 0.280 e. The molecule has 2 heterocycles. The first-order valence-corrected chi connectivity index (χ1v) is 12.0. The lowest BCUT2D eigenvalue weighted by molar-refractivity contribution is 0.0654. The maximum atomic E-state index is 13.1. The monoisotopic (exact) mass is 443 g/mol. The second kappa shape index (κ2) is 9.28. The van der Waals surface area contributed by atoms with Crippen molar-refractivity contribution < 1.29 is 18.0 Å². The smallest absolute Gasteiger partial charge is 0.273 e. The number of nitrogens with zero attached hydrogens (tertiary/aromatic N) is 3. The Hall–Kier alpha value is -2.58. The molecule has 0 fully saturated rings. The third-order valence-corrected chi connectivity index (χ3v) is 6.90. The average Bonchev–Trinajstić information content (AvgIpc) is 2.96. The number of pyridine rings is 1. The summed E-state index contributed by atoms with van der Waals surface area (Å²) in [6, 6.07) is 9.92. The van der Waals surface area contributed by atoms with Crippen molar-refractivity contribution >= 4 is 21.8 Å². The summed E-state index contributed by atoms with van der Waals surface area (Å²) in [6.45, 7) is 9.15. The van der Waals surface area contributed by atoms with E-state index in [1.807, 2.05) is 27.7 Å². The van der Waals surface area contributed by atoms with Crippen LogP contribution in [0.1, 0.15) is 54.1 Å². The van der Waals surface area contributed by atoms with Gasteiger partial charge in [-0.3, -0.25) is 19.5 Å². The fourth-order valence-electron chi connectivity index (χ4n) is 3.62. The van der Waals surface area contributed by atoms with Crippen LogP contribution >= 0.6 is 0 Å². The number of benzene rings is 1. The Kier molecular flexibility index (Phi) is 6.91. The van der Waals surface area contributed by atoms with Crippen LogP contribution in [0.3, 0.4) is 0 Å². The highest BCUT2D eigenvalue weighted by molar-refractivity contribution is 7.89. The van der Waals surface area contributed by atoms with Crippen molar-refractivity contribution in [1.82, 2.24) is 14.2 Å². The van der Waals surface area contributed by atoms with Gasteiger partial charge in [-0.2, -0.15) is 4.31 Å². The molecule has 0 saturated heterocycles. The van der Waals surface area contributed by atoms with Crippen molar-refractivity contribution in [3.63, 3.8) is 0 Å². The first-order chi connectivity index (χ1) is 14.6. The summed E-state index contributed by atoms with van der Waals surface area (Å²) in [5.74, 6) is -0.285. The van der Waals surface area contributed by atoms with Gasteiger partial charge in [0.05, 0.1) is 10.5 Å². The Morgan fingerprint density at radius 2 is 1.55 bits per heavy atom. The van der Waals surface area contributed by atoms with Gasteiger partial charge in [0.15, 0.2) is 0 Å². The van der Waals surface area contributed by atoms with E-state index in [1.165, 1.54) is 11.1 Å². The molecule has 0 saturated carbocycles. The quantitative estimate of drug-likeness (QED) is 0.555. The van der Waals surface area contributed by atoms with Crippen LogP contribution in [-0.2, 0) is 16.4 Å². The van der Waals surface area contributed by atoms with Crippen LogP contribution < -0.4 is 0 Å². The second-order valence-corrected chi connectivity index (χ2v) is 10.6. The van der Waals surface area contributed by atoms with E-state index in [-0.39, 0.29) is 34.9 Å². The summed E-state index contributed by atoms with van der Waals surface area (Å²) in [5.41, 5.74) is 1.36. The minimum atomic E-state index is -3.59. The maximum Gasteiger partial charge on any atom is 0.280 e. The summed E-state index contributed by atoms with van der Waals surface area (Å²) < 4.78 is 27.8. The van der Waals surface area contributed by atoms with Gasteiger partial charge in [-0.25, -0.2) is 8.42 Å². The lowest BCUT2D eigenvalue weighted by Gasteiger charge is -2.25. The van der Waals surface area contributed by atoms with Crippen molar-refractivity contribution in [2.75, 3.05) is 19.6 Å². The molecule has 7 nitrogen and oxygen atoms in total. The molecule has 1 aliphatic rings. The van der Waals surface area contributed by atoms with Gasteiger partial charge < -0.3 is 0 Å². The SMILES string of the molecule is CC(C)CN(CC(C)C)S(=O)(=O)c1ccc(CCN2C(=O)c3cccnc3C2=O)cc1. The Balaban J connectivity index is 1.70. The average molecular weight is 444 g/mol. The zero-order chi connectivity index (χ0) is 22.8. The van der Waals surface area contributed by atoms with E-state index >= 15 is 0 Å². The molecule has 2 amide bonds. The number of hydrogen-bond acceptors (Lipinski definition) is 5. The molecule has 0 aliphatic carbocycles. The van der Waals surface area contributed by atoms with Crippen molar-refractivity contribution in [2.24, 2.45) is 11.8 Å². The van der Waals surface area contributed by atoms with Crippen LogP contribution in [0.5, 0.6) is 0 Å². The number of sulfonamides is 1. The first kappa shape index (κ1) is 23.1. The van der Waals surface area contributed by atoms with Gasteiger partial charge in [-0.15, -0.1) is 0 Å². The number of rotatable bonds is 9. The van der Waals surface area contributed by atoms with Gasteiger partial charge in [0.25, 0.3) is 11.8 Å². The van der Waals surface area contributed by atoms with Crippen molar-refractivity contribution in [3.05, 3.63) is 59.4 Å². The van der Waals surface area contributed by atoms with Crippen LogP contribution in [0.4, 0.5) is 0 Å². The number of imide groups is 1. The van der Waals surface area contributed by atoms with E-state index in [2.05, 4.69) is 4.98 Å². The molecule has 166 valence electrons. The third-order valence-electron chi connectivity index (χ3n) is 5.05. The van der Waals surface area contributed by atoms with E-state index < -0.39 is 15.9 Å². The molecule has 0 N–H and O–H groups in total. The van der Waals surface area contributed by atoms with Gasteiger partial charge in [0.1, 0.15) is 5.69 Å². The van der Waals surface area contributed by atoms with Gasteiger partial charge in [-0.05, 0) is 48.1 Å². The highest BCUT2D eigenvalue weighted by Gasteiger charge is 2.36. The van der Waals surface area contributed by atoms with Crippen molar-refractivity contribution in [1.29, 1.82) is 0 Å². The molecule has 3 rings (SSSR count). The topological polar surface area (TPSA) is 87.7 Å². The fourth-order valence-corrected chi connectivity index (χ4v) is 5.39. The van der Waals surface area contributed by atoms with Gasteiger partial charge in [0, 0.05) is 25.8 Å². The molecule has 0 radical (unpaired) electrons. The summed E-state index contributed by atoms with van der Waals surface area (Å²) in [7, 11) is -3.59. The van der Waals surface area contributed by atoms with Crippen molar-refractivity contribution in [2.45, 2.75) is 39.0 Å². The standard InChI is InChI=1S/C23H29N3O4S/c1-16(2)14-25(15-17(3)4)31(29,30)19-9-7-18(8-10-19)11-13-26-22(27)20-6-5-12-24-21(20)23(26)28/h5-10,12,16-17H,11,13-15H2,1-4H3. The predicted octanol–water partition coefficient (Wildman–Crippen LogP) is 3.22. The Labute approximate surface area is 184 Å². The Morgan fingerprint density at radius 1 is 0.935 bits per heavy atom. The minimum absolute atomic E-state index is 0.185. The predicted molar refractivity (Wildman–Crippen MR) is 118 cm³/mol. The molecule has 1 aromatic carbocycles. The Bertz CT molecular complexity index is 1020. The zero-order valence-electron chi connectivity index (χ0n) is 18.4. The van der Waals surface area contributed by atoms with Crippen LogP contribution in [0.15, 0.2) is 47.5 Å². The zero-order valence-corrected chi connectivity index (χ0v) is 19.2. The van der Waals surface area contributed by atoms with Gasteiger partial charge in [-0.1, -0.05) is 39.8 Å². The van der Waals surface area contributed by atoms with Gasteiger partial charge >= 0.3 is 0 Å². The lowest BCUT2D eigenvalue weighted by atomic mass is 10.1. The van der Waals surface area contributed by atoms with Crippen LogP contribution in [-0.4, -0.2) is 54.1 Å². The molecular weight excluding hydrogens is 414 g/mol. The highest BCUT2D eigenvalue weighted by atomic mass is 32.2. The number of fused-ring (bicyclic) bond motifs is 1. The summed E-state index contributed by atoms with van der Waals surface area (Å²) >= 11 is 0. The first-order valence-electron chi connectivity index (χ1n) is 10.5. The maximum absolute atomic E-state index is 13.1. The van der Waals surface area contributed by atoms with Crippen molar-refractivity contribution in [3.8, 4) is 0 Å². The molecule has 0 atom stereocenters. The minimum Gasteiger partial charge on any atom is -0.273 e. The fraction of sp³-hybridized carbons (Fsp3) is 0.435. The number of carbonyl (C=O) groups excluding carboxylic acids is 2. The van der Waals surface area contributed by atoms with E-state index in [0.29, 0.717) is 25.1 Å². The molecular formula is C23H29N3O4S. The molecule has 31 heavy (non-hydrogen) atoms. The normalized spacial score (nSPS) is 14.2. The molecule has 8 heteroatoms. The molecule has 0 bridgehead atoms. The number of carbonyl (C=O) groups is 2. The lowest BCUT2D eigenvalue weighted by Crippen LogP contribution is -2.37. The summed E-state index contributed by atoms with van der Waals surface area (Å²) in [4.78, 5) is 30.3. The third kappa shape index (κ3) is 5.02. The van der Waals surface area contributed by atoms with Crippen LogP contribution in [0.2, 0.25) is 0 Å². The van der Waals surface area contributed by atoms with Gasteiger partial charge in [0.2, 0.25) is 10.0 Å². The van der Waals surface area contributed by atoms with Crippen LogP contribution in [0.25, 0.3) is 0 Å². The molecule has 0 spiro atoms. The number of aromatic nitrogens is 1. The second-order valence-electron chi connectivity index (χ2n) is 8.67. The summed E-state index contributed by atoms with van der Waals surface area (Å²) in [6.07, 6.45) is 1.93. The number of hydrogen-bond donors (Lipinski definition) is 0. The van der Waals surface area contributed by atoms with E-state index in [1.54, 1.807) is 40.7 Å².